The largest absolute Gasteiger partial charge is 0.508 e. The number of allylic oxidation sites excluding steroid dienone is 1. The number of fused-ring (bicyclic) bond motifs is 1. The second kappa shape index (κ2) is 18.5. The average molecular weight is 704 g/mol. The summed E-state index contributed by atoms with van der Waals surface area (Å²) in [5.74, 6) is -2.40. The summed E-state index contributed by atoms with van der Waals surface area (Å²) in [5.41, 5.74) is 5.66. The fourth-order valence-corrected chi connectivity index (χ4v) is 6.82. The molecule has 10 heteroatoms. The van der Waals surface area contributed by atoms with Crippen molar-refractivity contribution in [2.75, 3.05) is 24.6 Å². The maximum absolute atomic E-state index is 12.9. The van der Waals surface area contributed by atoms with Crippen LogP contribution >= 0.6 is 11.8 Å². The third kappa shape index (κ3) is 11.5. The van der Waals surface area contributed by atoms with Gasteiger partial charge in [0.05, 0.1) is 0 Å². The predicted molar refractivity (Wildman–Crippen MR) is 190 cm³/mol. The lowest BCUT2D eigenvalue weighted by Crippen LogP contribution is -2.36. The number of unbranched alkanes of at least 4 members (excludes halogenated alkanes) is 6. The summed E-state index contributed by atoms with van der Waals surface area (Å²) in [5, 5.41) is 23.7. The minimum Gasteiger partial charge on any atom is -0.508 e. The Balaban J connectivity index is 1.11. The fraction of sp³-hybridized carbons (Fsp3) is 0.436. The highest BCUT2D eigenvalue weighted by Crippen LogP contribution is 2.47. The Morgan fingerprint density at radius 1 is 0.796 bits per heavy atom. The van der Waals surface area contributed by atoms with Crippen LogP contribution in [0, 0.1) is 0 Å². The molecule has 3 N–H and O–H groups in total. The molecular formula is C39H46F5NO3S. The molecule has 0 saturated heterocycles. The molecule has 1 atom stereocenters. The molecule has 0 aliphatic carbocycles. The maximum atomic E-state index is 12.9. The SMILES string of the molecule is CC1=C(c2cccc(O)c2)C(c2ccc(C=CCNCCCCCCCCCSCCCC(F)(F)C(F)(F)F)cc2)Oc2ccc(O)cc21. The first-order chi connectivity index (χ1) is 23.5. The van der Waals surface area contributed by atoms with E-state index < -0.39 is 18.5 Å². The van der Waals surface area contributed by atoms with E-state index in [1.165, 1.54) is 11.8 Å². The molecule has 0 spiro atoms. The number of hydrogen-bond donors (Lipinski definition) is 3. The number of alkyl halides is 5. The van der Waals surface area contributed by atoms with Gasteiger partial charge in [-0.05, 0) is 96.8 Å². The number of rotatable bonds is 19. The van der Waals surface area contributed by atoms with Gasteiger partial charge in [-0.3, -0.25) is 0 Å². The summed E-state index contributed by atoms with van der Waals surface area (Å²) in [4.78, 5) is 0. The lowest BCUT2D eigenvalue weighted by atomic mass is 9.86. The summed E-state index contributed by atoms with van der Waals surface area (Å²) in [7, 11) is 0. The molecule has 0 bridgehead atoms. The molecule has 3 aromatic carbocycles. The van der Waals surface area contributed by atoms with Crippen molar-refractivity contribution in [2.45, 2.75) is 82.9 Å². The molecule has 4 rings (SSSR count). The standard InChI is InChI=1S/C39H46F5NO3S/c1-28-34-27-33(47)19-20-35(34)48-37(36(28)31-13-9-14-32(46)26-31)30-17-15-29(16-18-30)12-10-23-45-22-7-5-3-2-4-6-8-24-49-25-11-21-38(40,41)39(42,43)44/h9-10,12-20,26-27,37,45-47H,2-8,11,21-25H2,1H3. The van der Waals surface area contributed by atoms with Crippen LogP contribution in [0.15, 0.2) is 72.8 Å². The number of hydrogen-bond acceptors (Lipinski definition) is 5. The zero-order valence-corrected chi connectivity index (χ0v) is 28.7. The van der Waals surface area contributed by atoms with E-state index in [9.17, 15) is 32.2 Å². The van der Waals surface area contributed by atoms with Crippen LogP contribution in [0.25, 0.3) is 17.2 Å². The summed E-state index contributed by atoms with van der Waals surface area (Å²) in [6.07, 6.45) is 4.78. The molecular weight excluding hydrogens is 657 g/mol. The van der Waals surface area contributed by atoms with Crippen molar-refractivity contribution in [3.8, 4) is 17.2 Å². The number of ether oxygens (including phenoxy) is 1. The average Bonchev–Trinajstić information content (AvgIpc) is 3.06. The van der Waals surface area contributed by atoms with Gasteiger partial charge in [0, 0.05) is 24.1 Å². The highest BCUT2D eigenvalue weighted by molar-refractivity contribution is 7.99. The zero-order valence-electron chi connectivity index (χ0n) is 27.9. The molecule has 49 heavy (non-hydrogen) atoms. The highest BCUT2D eigenvalue weighted by Gasteiger charge is 2.56. The van der Waals surface area contributed by atoms with Crippen LogP contribution in [0.1, 0.15) is 93.1 Å². The Morgan fingerprint density at radius 2 is 1.47 bits per heavy atom. The number of aromatic hydroxyl groups is 2. The van der Waals surface area contributed by atoms with E-state index in [0.717, 1.165) is 97.2 Å². The van der Waals surface area contributed by atoms with Crippen LogP contribution in [0.4, 0.5) is 22.0 Å². The molecule has 4 nitrogen and oxygen atoms in total. The van der Waals surface area contributed by atoms with Crippen LogP contribution in [0.5, 0.6) is 17.2 Å². The minimum atomic E-state index is -5.45. The molecule has 3 aromatic rings. The molecule has 0 saturated carbocycles. The number of benzene rings is 3. The molecule has 1 aliphatic heterocycles. The van der Waals surface area contributed by atoms with E-state index >= 15 is 0 Å². The first-order valence-electron chi connectivity index (χ1n) is 17.0. The minimum absolute atomic E-state index is 0.128. The van der Waals surface area contributed by atoms with Crippen molar-refractivity contribution in [2.24, 2.45) is 0 Å². The lowest BCUT2D eigenvalue weighted by molar-refractivity contribution is -0.284. The van der Waals surface area contributed by atoms with Gasteiger partial charge in [-0.2, -0.15) is 33.7 Å². The number of thioether (sulfide) groups is 1. The van der Waals surface area contributed by atoms with E-state index in [2.05, 4.69) is 41.7 Å². The van der Waals surface area contributed by atoms with Gasteiger partial charge < -0.3 is 20.3 Å². The predicted octanol–water partition coefficient (Wildman–Crippen LogP) is 11.2. The van der Waals surface area contributed by atoms with Gasteiger partial charge in [-0.1, -0.05) is 80.7 Å². The second-order valence-electron chi connectivity index (χ2n) is 12.4. The van der Waals surface area contributed by atoms with Crippen molar-refractivity contribution in [3.63, 3.8) is 0 Å². The maximum Gasteiger partial charge on any atom is 0.453 e. The van der Waals surface area contributed by atoms with Crippen LogP contribution in [0.2, 0.25) is 0 Å². The van der Waals surface area contributed by atoms with E-state index in [-0.39, 0.29) is 24.0 Å². The van der Waals surface area contributed by atoms with Gasteiger partial charge in [0.15, 0.2) is 0 Å². The van der Waals surface area contributed by atoms with Gasteiger partial charge in [0.1, 0.15) is 23.4 Å². The van der Waals surface area contributed by atoms with E-state index in [1.54, 1.807) is 30.3 Å². The summed E-state index contributed by atoms with van der Waals surface area (Å²) < 4.78 is 68.7. The second-order valence-corrected chi connectivity index (χ2v) is 13.7. The van der Waals surface area contributed by atoms with Crippen molar-refractivity contribution in [3.05, 3.63) is 95.1 Å². The van der Waals surface area contributed by atoms with Gasteiger partial charge in [-0.25, -0.2) is 0 Å². The van der Waals surface area contributed by atoms with Crippen LogP contribution in [-0.4, -0.2) is 46.9 Å². The Morgan fingerprint density at radius 3 is 2.18 bits per heavy atom. The zero-order chi connectivity index (χ0) is 35.3. The summed E-state index contributed by atoms with van der Waals surface area (Å²) in [6, 6.07) is 20.5. The van der Waals surface area contributed by atoms with Gasteiger partial charge in [-0.15, -0.1) is 0 Å². The van der Waals surface area contributed by atoms with Crippen molar-refractivity contribution >= 4 is 29.0 Å². The van der Waals surface area contributed by atoms with Crippen molar-refractivity contribution < 1.29 is 36.9 Å². The number of nitrogens with one attached hydrogen (secondary N) is 1. The van der Waals surface area contributed by atoms with Crippen LogP contribution < -0.4 is 10.1 Å². The van der Waals surface area contributed by atoms with E-state index in [4.69, 9.17) is 4.74 Å². The molecule has 266 valence electrons. The number of halogens is 5. The summed E-state index contributed by atoms with van der Waals surface area (Å²) in [6.45, 7) is 3.72. The molecule has 1 aliphatic rings. The Bertz CT molecular complexity index is 1540. The normalized spacial score (nSPS) is 15.1. The van der Waals surface area contributed by atoms with E-state index in [1.807, 2.05) is 19.1 Å². The van der Waals surface area contributed by atoms with Gasteiger partial charge in [0.25, 0.3) is 0 Å². The topological polar surface area (TPSA) is 61.7 Å². The highest BCUT2D eigenvalue weighted by atomic mass is 32.2. The molecule has 0 radical (unpaired) electrons. The Kier molecular flexibility index (Phi) is 14.4. The van der Waals surface area contributed by atoms with E-state index in [0.29, 0.717) is 11.5 Å². The monoisotopic (exact) mass is 703 g/mol. The van der Waals surface area contributed by atoms with Crippen LogP contribution in [-0.2, 0) is 0 Å². The Labute approximate surface area is 290 Å². The third-order valence-electron chi connectivity index (χ3n) is 8.58. The first-order valence-corrected chi connectivity index (χ1v) is 18.1. The quantitative estimate of drug-likeness (QED) is 0.0857. The summed E-state index contributed by atoms with van der Waals surface area (Å²) >= 11 is 1.45. The Hall–Kier alpha value is -3.50. The molecule has 1 unspecified atom stereocenters. The lowest BCUT2D eigenvalue weighted by Gasteiger charge is -2.31. The molecule has 0 fully saturated rings. The number of phenols is 2. The molecule has 1 heterocycles. The first kappa shape index (κ1) is 38.3. The van der Waals surface area contributed by atoms with Crippen molar-refractivity contribution in [1.29, 1.82) is 0 Å². The van der Waals surface area contributed by atoms with Crippen LogP contribution in [0.3, 0.4) is 0 Å². The molecule has 0 aromatic heterocycles. The fourth-order valence-electron chi connectivity index (χ4n) is 5.86. The van der Waals surface area contributed by atoms with Crippen molar-refractivity contribution in [1.82, 2.24) is 5.32 Å². The molecule has 0 amide bonds. The smallest absolute Gasteiger partial charge is 0.453 e. The third-order valence-corrected chi connectivity index (χ3v) is 9.74. The number of phenolic OH excluding ortho intramolecular Hbond substituents is 2. The van der Waals surface area contributed by atoms with Gasteiger partial charge >= 0.3 is 12.1 Å². The van der Waals surface area contributed by atoms with Gasteiger partial charge in [0.2, 0.25) is 0 Å².